The SMILES string of the molecule is CC[O-].COS(=O)(=O)[O-].[NH4+].[NH4+]. The summed E-state index contributed by atoms with van der Waals surface area (Å²) in [6.45, 7) is 1.57. The molecule has 0 aromatic rings. The molecule has 0 saturated carbocycles. The van der Waals surface area contributed by atoms with Gasteiger partial charge in [0.1, 0.15) is 0 Å². The van der Waals surface area contributed by atoms with Gasteiger partial charge in [0.2, 0.25) is 10.4 Å². The molecule has 0 unspecified atom stereocenters. The van der Waals surface area contributed by atoms with Crippen molar-refractivity contribution in [3.8, 4) is 0 Å². The normalized spacial score (nSPS) is 8.00. The van der Waals surface area contributed by atoms with E-state index in [9.17, 15) is 13.0 Å². The molecule has 0 atom stereocenters. The predicted octanol–water partition coefficient (Wildman–Crippen LogP) is -0.788. The zero-order valence-corrected chi connectivity index (χ0v) is 7.97. The van der Waals surface area contributed by atoms with Crippen LogP contribution < -0.4 is 17.4 Å². The largest absolute Gasteiger partial charge is 0.855 e. The third kappa shape index (κ3) is 77.4. The Hall–Kier alpha value is -0.250. The minimum Gasteiger partial charge on any atom is -0.855 e. The fourth-order valence-corrected chi connectivity index (χ4v) is 0. The van der Waals surface area contributed by atoms with Crippen LogP contribution in [0.15, 0.2) is 0 Å². The van der Waals surface area contributed by atoms with Gasteiger partial charge in [0.15, 0.2) is 0 Å². The van der Waals surface area contributed by atoms with E-state index in [1.54, 1.807) is 6.92 Å². The number of hydrogen-bond acceptors (Lipinski definition) is 5. The van der Waals surface area contributed by atoms with E-state index in [1.807, 2.05) is 0 Å². The molecule has 0 bridgehead atoms. The molecule has 0 amide bonds. The lowest BCUT2D eigenvalue weighted by atomic mass is 10.9. The highest BCUT2D eigenvalue weighted by molar-refractivity contribution is 7.80. The number of rotatable bonds is 1. The average Bonchev–Trinajstić information content (AvgIpc) is 1.67. The minimum absolute atomic E-state index is 0. The molecule has 7 nitrogen and oxygen atoms in total. The molecule has 0 aliphatic rings. The lowest BCUT2D eigenvalue weighted by Crippen LogP contribution is -1.97. The molecule has 0 aliphatic heterocycles. The van der Waals surface area contributed by atoms with Gasteiger partial charge in [-0.3, -0.25) is 4.18 Å². The molecule has 0 aromatic heterocycles. The fourth-order valence-electron chi connectivity index (χ4n) is 0. The quantitative estimate of drug-likeness (QED) is 0.410. The molecule has 0 spiro atoms. The average molecular weight is 192 g/mol. The van der Waals surface area contributed by atoms with Gasteiger partial charge in [-0.15, -0.1) is 6.61 Å². The third-order valence-corrected chi connectivity index (χ3v) is 0.612. The van der Waals surface area contributed by atoms with Crippen molar-refractivity contribution in [2.24, 2.45) is 0 Å². The fraction of sp³-hybridized carbons (Fsp3) is 1.00. The van der Waals surface area contributed by atoms with Crippen LogP contribution in [0.5, 0.6) is 0 Å². The van der Waals surface area contributed by atoms with Crippen LogP contribution in [0.4, 0.5) is 0 Å². The zero-order valence-electron chi connectivity index (χ0n) is 7.16. The number of quaternary nitrogens is 2. The van der Waals surface area contributed by atoms with Crippen molar-refractivity contribution < 1.29 is 22.3 Å². The molecule has 11 heavy (non-hydrogen) atoms. The van der Waals surface area contributed by atoms with E-state index in [0.717, 1.165) is 7.11 Å². The second-order valence-electron chi connectivity index (χ2n) is 0.864. The van der Waals surface area contributed by atoms with Crippen LogP contribution in [-0.4, -0.2) is 26.7 Å². The first kappa shape index (κ1) is 22.4. The van der Waals surface area contributed by atoms with Crippen molar-refractivity contribution in [1.82, 2.24) is 12.3 Å². The predicted molar refractivity (Wildman–Crippen MR) is 39.2 cm³/mol. The molecule has 0 aliphatic carbocycles. The lowest BCUT2D eigenvalue weighted by Gasteiger charge is -1.98. The Morgan fingerprint density at radius 3 is 1.45 bits per heavy atom. The van der Waals surface area contributed by atoms with Crippen molar-refractivity contribution in [1.29, 1.82) is 0 Å². The maximum absolute atomic E-state index is 9.22. The highest BCUT2D eigenvalue weighted by Crippen LogP contribution is 1.74. The Labute approximate surface area is 66.5 Å². The Morgan fingerprint density at radius 2 is 1.45 bits per heavy atom. The van der Waals surface area contributed by atoms with Gasteiger partial charge < -0.3 is 22.0 Å². The van der Waals surface area contributed by atoms with Gasteiger partial charge in [-0.2, -0.15) is 0 Å². The van der Waals surface area contributed by atoms with Gasteiger partial charge in [0.05, 0.1) is 7.11 Å². The summed E-state index contributed by atoms with van der Waals surface area (Å²) in [6.07, 6.45) is 0. The highest BCUT2D eigenvalue weighted by Gasteiger charge is 1.79. The van der Waals surface area contributed by atoms with Crippen LogP contribution in [0.25, 0.3) is 0 Å². The molecular weight excluding hydrogens is 176 g/mol. The zero-order chi connectivity index (χ0) is 7.91. The molecule has 0 rings (SSSR count). The Bertz CT molecular complexity index is 133. The molecular formula is C3H16N2O5S. The number of hydrogen-bond donors (Lipinski definition) is 2. The highest BCUT2D eigenvalue weighted by atomic mass is 32.3. The molecule has 0 heterocycles. The summed E-state index contributed by atoms with van der Waals surface area (Å²) in [5, 5.41) is 8.93. The molecule has 74 valence electrons. The van der Waals surface area contributed by atoms with Crippen molar-refractivity contribution >= 4 is 10.4 Å². The van der Waals surface area contributed by atoms with Gasteiger partial charge in [-0.25, -0.2) is 8.42 Å². The van der Waals surface area contributed by atoms with Gasteiger partial charge in [0, 0.05) is 0 Å². The van der Waals surface area contributed by atoms with E-state index < -0.39 is 10.4 Å². The van der Waals surface area contributed by atoms with Crippen LogP contribution in [0, 0.1) is 0 Å². The first-order valence-corrected chi connectivity index (χ1v) is 3.40. The van der Waals surface area contributed by atoms with Gasteiger partial charge in [-0.05, 0) is 0 Å². The van der Waals surface area contributed by atoms with Crippen LogP contribution in [0.2, 0.25) is 0 Å². The van der Waals surface area contributed by atoms with Crippen LogP contribution >= 0.6 is 0 Å². The second-order valence-corrected chi connectivity index (χ2v) is 2.01. The molecule has 8 heteroatoms. The van der Waals surface area contributed by atoms with Gasteiger partial charge in [0.25, 0.3) is 0 Å². The second kappa shape index (κ2) is 12.4. The van der Waals surface area contributed by atoms with Crippen LogP contribution in [0.1, 0.15) is 6.92 Å². The summed E-state index contributed by atoms with van der Waals surface area (Å²) in [4.78, 5) is 0. The molecule has 0 radical (unpaired) electrons. The summed E-state index contributed by atoms with van der Waals surface area (Å²) in [7, 11) is -3.60. The van der Waals surface area contributed by atoms with Crippen LogP contribution in [-0.2, 0) is 14.6 Å². The summed E-state index contributed by atoms with van der Waals surface area (Å²) in [6, 6.07) is 0. The summed E-state index contributed by atoms with van der Waals surface area (Å²) in [5.41, 5.74) is 0. The van der Waals surface area contributed by atoms with Gasteiger partial charge >= 0.3 is 0 Å². The van der Waals surface area contributed by atoms with E-state index in [-0.39, 0.29) is 18.9 Å². The standard InChI is InChI=1S/C2H5O.CH4O4S.2H3N/c1-2-3;1-5-6(2,3)4;;/h2H2,1H3;1H3,(H,2,3,4);2*1H3/q-1;;;/p+1. The molecule has 0 aromatic carbocycles. The van der Waals surface area contributed by atoms with E-state index >= 15 is 0 Å². The van der Waals surface area contributed by atoms with Gasteiger partial charge in [-0.1, -0.05) is 6.92 Å². The summed E-state index contributed by atoms with van der Waals surface area (Å²) in [5.74, 6) is 0. The monoisotopic (exact) mass is 192 g/mol. The molecule has 0 saturated heterocycles. The minimum atomic E-state index is -4.41. The van der Waals surface area contributed by atoms with E-state index in [1.165, 1.54) is 0 Å². The van der Waals surface area contributed by atoms with Crippen molar-refractivity contribution in [2.75, 3.05) is 13.7 Å². The Kier molecular flexibility index (Phi) is 25.3. The summed E-state index contributed by atoms with van der Waals surface area (Å²) >= 11 is 0. The van der Waals surface area contributed by atoms with Crippen LogP contribution in [0.3, 0.4) is 0 Å². The smallest absolute Gasteiger partial charge is 0.217 e. The first-order chi connectivity index (χ1) is 3.97. The molecule has 8 N–H and O–H groups in total. The summed E-state index contributed by atoms with van der Waals surface area (Å²) < 4.78 is 31.0. The van der Waals surface area contributed by atoms with E-state index in [2.05, 4.69) is 4.18 Å². The van der Waals surface area contributed by atoms with E-state index in [0.29, 0.717) is 0 Å². The van der Waals surface area contributed by atoms with Crippen molar-refractivity contribution in [2.45, 2.75) is 6.92 Å². The maximum atomic E-state index is 9.22. The lowest BCUT2D eigenvalue weighted by molar-refractivity contribution is -0.361. The third-order valence-electron chi connectivity index (χ3n) is 0.204. The van der Waals surface area contributed by atoms with Crippen molar-refractivity contribution in [3.05, 3.63) is 0 Å². The Balaban J connectivity index is -0.0000000437. The Morgan fingerprint density at radius 1 is 1.36 bits per heavy atom. The first-order valence-electron chi connectivity index (χ1n) is 2.07. The topological polar surface area (TPSA) is 162 Å². The van der Waals surface area contributed by atoms with Crippen molar-refractivity contribution in [3.63, 3.8) is 0 Å². The maximum Gasteiger partial charge on any atom is 0.217 e. The molecule has 0 fully saturated rings. The van der Waals surface area contributed by atoms with E-state index in [4.69, 9.17) is 5.11 Å².